The Morgan fingerprint density at radius 1 is 1.14 bits per heavy atom. The summed E-state index contributed by atoms with van der Waals surface area (Å²) in [4.78, 5) is 15.7. The van der Waals surface area contributed by atoms with Gasteiger partial charge in [-0.25, -0.2) is 14.4 Å². The minimum absolute atomic E-state index is 0.0672. The lowest BCUT2D eigenvalue weighted by molar-refractivity contribution is -0.726. The molecule has 1 aromatic carbocycles. The lowest BCUT2D eigenvalue weighted by atomic mass is 10.2. The maximum Gasteiger partial charge on any atom is 0.204 e. The topological polar surface area (TPSA) is 97.9 Å². The van der Waals surface area contributed by atoms with Gasteiger partial charge in [-0.3, -0.25) is 9.67 Å². The van der Waals surface area contributed by atoms with E-state index < -0.39 is 5.82 Å². The molecule has 0 saturated heterocycles. The van der Waals surface area contributed by atoms with Crippen LogP contribution in [-0.4, -0.2) is 44.1 Å². The molecule has 0 bridgehead atoms. The lowest BCUT2D eigenvalue weighted by Gasteiger charge is -2.25. The molecule has 0 aliphatic heterocycles. The molecule has 5 rings (SSSR count). The summed E-state index contributed by atoms with van der Waals surface area (Å²) in [5.74, 6) is 0.477. The number of benzene rings is 1. The number of aromatic amines is 1. The van der Waals surface area contributed by atoms with E-state index in [1.165, 1.54) is 20.3 Å². The molecule has 0 atom stereocenters. The highest BCUT2D eigenvalue weighted by Gasteiger charge is 2.22. The third-order valence-electron chi connectivity index (χ3n) is 5.70. The van der Waals surface area contributed by atoms with Crippen molar-refractivity contribution >= 4 is 22.7 Å². The molecular weight excluding hydrogens is 451 g/mol. The molecule has 0 aliphatic carbocycles. The SMILES string of the molecule is COc1cc(OC)c(F)c(N(Cc2ccnn2C)c2ccc3ncc(-c4c[nH][n+](C)c4)nc3n2)c1. The molecule has 4 heterocycles. The Balaban J connectivity index is 1.66. The summed E-state index contributed by atoms with van der Waals surface area (Å²) in [6.45, 7) is 0.295. The summed E-state index contributed by atoms with van der Waals surface area (Å²) >= 11 is 0. The van der Waals surface area contributed by atoms with E-state index in [0.29, 0.717) is 35.0 Å². The number of pyridine rings is 1. The van der Waals surface area contributed by atoms with Gasteiger partial charge in [0.1, 0.15) is 17.1 Å². The van der Waals surface area contributed by atoms with Crippen molar-refractivity contribution in [1.29, 1.82) is 0 Å². The number of aryl methyl sites for hydroxylation is 2. The number of methoxy groups -OCH3 is 2. The van der Waals surface area contributed by atoms with Crippen molar-refractivity contribution < 1.29 is 18.5 Å². The zero-order valence-electron chi connectivity index (χ0n) is 19.7. The number of ether oxygens (including phenoxy) is 2. The molecule has 0 fully saturated rings. The van der Waals surface area contributed by atoms with Crippen molar-refractivity contribution in [3.8, 4) is 22.8 Å². The molecule has 0 saturated carbocycles. The van der Waals surface area contributed by atoms with Gasteiger partial charge in [-0.1, -0.05) is 0 Å². The van der Waals surface area contributed by atoms with Gasteiger partial charge in [0, 0.05) is 25.4 Å². The van der Waals surface area contributed by atoms with Crippen LogP contribution in [0.15, 0.2) is 55.1 Å². The molecule has 35 heavy (non-hydrogen) atoms. The Labute approximate surface area is 200 Å². The second kappa shape index (κ2) is 9.01. The van der Waals surface area contributed by atoms with Gasteiger partial charge in [-0.15, -0.1) is 4.68 Å². The summed E-state index contributed by atoms with van der Waals surface area (Å²) in [5.41, 5.74) is 3.72. The summed E-state index contributed by atoms with van der Waals surface area (Å²) < 4.78 is 29.8. The largest absolute Gasteiger partial charge is 0.497 e. The molecule has 1 N–H and O–H groups in total. The fraction of sp³-hybridized carbons (Fsp3) is 0.208. The van der Waals surface area contributed by atoms with Gasteiger partial charge < -0.3 is 14.4 Å². The molecular formula is C24H24FN8O2+. The molecule has 0 amide bonds. The van der Waals surface area contributed by atoms with Crippen LogP contribution in [0.5, 0.6) is 11.5 Å². The van der Waals surface area contributed by atoms with Crippen LogP contribution in [0.3, 0.4) is 0 Å². The van der Waals surface area contributed by atoms with Gasteiger partial charge >= 0.3 is 0 Å². The number of fused-ring (bicyclic) bond motifs is 1. The average molecular weight is 476 g/mol. The van der Waals surface area contributed by atoms with Crippen LogP contribution in [0.25, 0.3) is 22.4 Å². The Morgan fingerprint density at radius 2 is 2.00 bits per heavy atom. The van der Waals surface area contributed by atoms with Crippen molar-refractivity contribution in [2.75, 3.05) is 19.1 Å². The first-order valence-corrected chi connectivity index (χ1v) is 10.8. The minimum Gasteiger partial charge on any atom is -0.497 e. The number of aromatic nitrogens is 7. The van der Waals surface area contributed by atoms with Crippen LogP contribution in [0.2, 0.25) is 0 Å². The highest BCUT2D eigenvalue weighted by Crippen LogP contribution is 2.37. The maximum atomic E-state index is 15.5. The van der Waals surface area contributed by atoms with Crippen molar-refractivity contribution in [2.45, 2.75) is 6.54 Å². The number of hydrogen-bond donors (Lipinski definition) is 1. The standard InChI is InChI=1S/C24H23FN8O2/c1-31-13-15(11-28-31)19-12-26-18-5-6-22(30-24(18)29-19)33(14-16-7-8-27-32(16)2)20-9-17(34-3)10-21(35-4)23(20)25/h5-13H,14H2,1-4H3/p+1. The van der Waals surface area contributed by atoms with Crippen LogP contribution in [-0.2, 0) is 20.6 Å². The van der Waals surface area contributed by atoms with E-state index in [1.807, 2.05) is 43.3 Å². The fourth-order valence-electron chi connectivity index (χ4n) is 3.80. The molecule has 4 aromatic heterocycles. The Kier molecular flexibility index (Phi) is 5.73. The van der Waals surface area contributed by atoms with E-state index in [2.05, 4.69) is 15.2 Å². The quantitative estimate of drug-likeness (QED) is 0.361. The number of anilines is 2. The molecule has 11 heteroatoms. The highest BCUT2D eigenvalue weighted by atomic mass is 19.1. The molecule has 0 radical (unpaired) electrons. The van der Waals surface area contributed by atoms with Gasteiger partial charge in [0.25, 0.3) is 0 Å². The van der Waals surface area contributed by atoms with Crippen molar-refractivity contribution in [1.82, 2.24) is 29.8 Å². The van der Waals surface area contributed by atoms with Crippen molar-refractivity contribution in [2.24, 2.45) is 14.1 Å². The molecule has 0 unspecified atom stereocenters. The fourth-order valence-corrected chi connectivity index (χ4v) is 3.80. The van der Waals surface area contributed by atoms with E-state index in [9.17, 15) is 0 Å². The number of halogens is 1. The molecule has 5 aromatic rings. The van der Waals surface area contributed by atoms with Crippen molar-refractivity contribution in [3.05, 3.63) is 66.6 Å². The third kappa shape index (κ3) is 4.23. The summed E-state index contributed by atoms with van der Waals surface area (Å²) in [6.07, 6.45) is 7.14. The van der Waals surface area contributed by atoms with E-state index in [1.54, 1.807) is 34.1 Å². The predicted octanol–water partition coefficient (Wildman–Crippen LogP) is 3.07. The zero-order valence-corrected chi connectivity index (χ0v) is 19.7. The minimum atomic E-state index is -0.531. The number of hydrogen-bond acceptors (Lipinski definition) is 7. The molecule has 0 aliphatic rings. The number of rotatable bonds is 7. The predicted molar refractivity (Wildman–Crippen MR) is 127 cm³/mol. The monoisotopic (exact) mass is 475 g/mol. The second-order valence-corrected chi connectivity index (χ2v) is 7.93. The van der Waals surface area contributed by atoms with E-state index in [0.717, 1.165) is 11.3 Å². The Hall–Kier alpha value is -4.54. The maximum absolute atomic E-state index is 15.5. The lowest BCUT2D eigenvalue weighted by Crippen LogP contribution is -2.27. The smallest absolute Gasteiger partial charge is 0.204 e. The van der Waals surface area contributed by atoms with Gasteiger partial charge in [-0.2, -0.15) is 10.2 Å². The number of nitrogens with one attached hydrogen (secondary N) is 1. The summed E-state index contributed by atoms with van der Waals surface area (Å²) in [7, 11) is 6.66. The van der Waals surface area contributed by atoms with Crippen LogP contribution < -0.4 is 19.1 Å². The van der Waals surface area contributed by atoms with Crippen LogP contribution >= 0.6 is 0 Å². The molecule has 178 valence electrons. The second-order valence-electron chi connectivity index (χ2n) is 7.93. The van der Waals surface area contributed by atoms with Crippen LogP contribution in [0.1, 0.15) is 5.69 Å². The van der Waals surface area contributed by atoms with Gasteiger partial charge in [0.2, 0.25) is 6.20 Å². The summed E-state index contributed by atoms with van der Waals surface area (Å²) in [6, 6.07) is 8.59. The van der Waals surface area contributed by atoms with Gasteiger partial charge in [-0.05, 0) is 18.2 Å². The van der Waals surface area contributed by atoms with Gasteiger partial charge in [0.15, 0.2) is 24.3 Å². The number of nitrogens with zero attached hydrogens (tertiary/aromatic N) is 7. The first-order valence-electron chi connectivity index (χ1n) is 10.8. The Morgan fingerprint density at radius 3 is 2.69 bits per heavy atom. The van der Waals surface area contributed by atoms with E-state index >= 15 is 4.39 Å². The van der Waals surface area contributed by atoms with Crippen LogP contribution in [0, 0.1) is 5.82 Å². The van der Waals surface area contributed by atoms with Crippen LogP contribution in [0.4, 0.5) is 15.9 Å². The van der Waals surface area contributed by atoms with E-state index in [4.69, 9.17) is 19.4 Å². The normalized spacial score (nSPS) is 11.1. The zero-order chi connectivity index (χ0) is 24.5. The Bertz CT molecular complexity index is 1510. The average Bonchev–Trinajstić information content (AvgIpc) is 3.50. The van der Waals surface area contributed by atoms with Crippen molar-refractivity contribution in [3.63, 3.8) is 0 Å². The molecule has 10 nitrogen and oxygen atoms in total. The highest BCUT2D eigenvalue weighted by molar-refractivity contribution is 5.77. The third-order valence-corrected chi connectivity index (χ3v) is 5.70. The van der Waals surface area contributed by atoms with Gasteiger partial charge in [0.05, 0.1) is 55.8 Å². The van der Waals surface area contributed by atoms with E-state index in [-0.39, 0.29) is 11.4 Å². The number of H-pyrrole nitrogens is 1. The molecule has 0 spiro atoms. The first kappa shape index (κ1) is 22.3. The summed E-state index contributed by atoms with van der Waals surface area (Å²) in [5, 5.41) is 7.31. The first-order chi connectivity index (χ1) is 17.0.